The molecule has 156 valence electrons. The second-order valence-electron chi connectivity index (χ2n) is 7.39. The summed E-state index contributed by atoms with van der Waals surface area (Å²) in [7, 11) is 1.69. The van der Waals surface area contributed by atoms with E-state index in [4.69, 9.17) is 9.47 Å². The first kappa shape index (κ1) is 21.0. The number of sulfonamides is 1. The molecular formula is C19H29N3O5S. The fourth-order valence-electron chi connectivity index (χ4n) is 3.68. The highest BCUT2D eigenvalue weighted by molar-refractivity contribution is 7.89. The number of carbonyl (C=O) groups excluding carboxylic acids is 1. The Morgan fingerprint density at radius 1 is 1.21 bits per heavy atom. The number of nitrogens with zero attached hydrogens (tertiary/aromatic N) is 3. The average Bonchev–Trinajstić information content (AvgIpc) is 2.73. The number of methoxy groups -OCH3 is 1. The van der Waals surface area contributed by atoms with Gasteiger partial charge < -0.3 is 19.3 Å². The van der Waals surface area contributed by atoms with Gasteiger partial charge in [-0.05, 0) is 45.1 Å². The van der Waals surface area contributed by atoms with Gasteiger partial charge in [0.05, 0.1) is 20.3 Å². The summed E-state index contributed by atoms with van der Waals surface area (Å²) in [6.07, 6.45) is 1.99. The zero-order valence-corrected chi connectivity index (χ0v) is 17.6. The molecule has 2 aliphatic heterocycles. The van der Waals surface area contributed by atoms with Gasteiger partial charge in [-0.3, -0.25) is 4.79 Å². The van der Waals surface area contributed by atoms with Crippen molar-refractivity contribution in [3.05, 3.63) is 23.8 Å². The van der Waals surface area contributed by atoms with E-state index in [0.717, 1.165) is 12.8 Å². The number of carbonyl (C=O) groups is 1. The molecule has 0 N–H and O–H groups in total. The van der Waals surface area contributed by atoms with Crippen LogP contribution in [0.3, 0.4) is 0 Å². The van der Waals surface area contributed by atoms with Crippen molar-refractivity contribution in [3.63, 3.8) is 0 Å². The lowest BCUT2D eigenvalue weighted by Gasteiger charge is -2.36. The molecule has 3 rings (SSSR count). The second-order valence-corrected chi connectivity index (χ2v) is 9.30. The fraction of sp³-hybridized carbons (Fsp3) is 0.632. The zero-order chi connectivity index (χ0) is 20.3. The van der Waals surface area contributed by atoms with Crippen molar-refractivity contribution in [2.45, 2.75) is 23.8 Å². The summed E-state index contributed by atoms with van der Waals surface area (Å²) in [5, 5.41) is 0. The standard InChI is InChI=1S/C19H29N3O5S/c1-20(2)16-5-4-8-21(14-16)19(23)15-6-7-17(26-3)18(13-15)28(24,25)22-9-11-27-12-10-22/h6-7,13,16H,4-5,8-12,14H2,1-3H3. The lowest BCUT2D eigenvalue weighted by Crippen LogP contribution is -2.47. The zero-order valence-electron chi connectivity index (χ0n) is 16.8. The van der Waals surface area contributed by atoms with Crippen molar-refractivity contribution in [1.82, 2.24) is 14.1 Å². The molecule has 9 heteroatoms. The van der Waals surface area contributed by atoms with E-state index in [0.29, 0.717) is 51.0 Å². The number of likely N-dealkylation sites (N-methyl/N-ethyl adjacent to an activating group) is 1. The Labute approximate surface area is 167 Å². The van der Waals surface area contributed by atoms with Crippen molar-refractivity contribution in [2.24, 2.45) is 0 Å². The molecule has 2 aliphatic rings. The molecule has 2 heterocycles. The largest absolute Gasteiger partial charge is 0.495 e. The van der Waals surface area contributed by atoms with Crippen LogP contribution in [0.5, 0.6) is 5.75 Å². The monoisotopic (exact) mass is 411 g/mol. The third-order valence-corrected chi connectivity index (χ3v) is 7.33. The number of likely N-dealkylation sites (tertiary alicyclic amines) is 1. The van der Waals surface area contributed by atoms with Gasteiger partial charge in [0.15, 0.2) is 0 Å². The van der Waals surface area contributed by atoms with Crippen LogP contribution in [0.1, 0.15) is 23.2 Å². The molecule has 1 aromatic carbocycles. The molecule has 2 fully saturated rings. The highest BCUT2D eigenvalue weighted by atomic mass is 32.2. The van der Waals surface area contributed by atoms with Gasteiger partial charge in [-0.25, -0.2) is 8.42 Å². The third-order valence-electron chi connectivity index (χ3n) is 5.41. The first-order valence-electron chi connectivity index (χ1n) is 9.56. The van der Waals surface area contributed by atoms with Crippen molar-refractivity contribution in [2.75, 3.05) is 60.6 Å². The Hall–Kier alpha value is -1.68. The van der Waals surface area contributed by atoms with Crippen molar-refractivity contribution < 1.29 is 22.7 Å². The van der Waals surface area contributed by atoms with Crippen molar-refractivity contribution in [3.8, 4) is 5.75 Å². The Bertz CT molecular complexity index is 806. The van der Waals surface area contributed by atoms with Gasteiger partial charge in [0.2, 0.25) is 10.0 Å². The maximum Gasteiger partial charge on any atom is 0.253 e. The number of morpholine rings is 1. The summed E-state index contributed by atoms with van der Waals surface area (Å²) < 4.78 is 38.2. The van der Waals surface area contributed by atoms with E-state index in [1.165, 1.54) is 17.5 Å². The summed E-state index contributed by atoms with van der Waals surface area (Å²) in [6, 6.07) is 4.96. The molecular weight excluding hydrogens is 382 g/mol. The van der Waals surface area contributed by atoms with Crippen molar-refractivity contribution >= 4 is 15.9 Å². The normalized spacial score (nSPS) is 21.7. The van der Waals surface area contributed by atoms with E-state index in [9.17, 15) is 13.2 Å². The number of piperidine rings is 1. The summed E-state index contributed by atoms with van der Waals surface area (Å²) in [4.78, 5) is 17.0. The Balaban J connectivity index is 1.89. The minimum absolute atomic E-state index is 0.0314. The van der Waals surface area contributed by atoms with Gasteiger partial charge in [-0.15, -0.1) is 0 Å². The summed E-state index contributed by atoms with van der Waals surface area (Å²) >= 11 is 0. The molecule has 0 radical (unpaired) electrons. The van der Waals surface area contributed by atoms with Crippen molar-refractivity contribution in [1.29, 1.82) is 0 Å². The van der Waals surface area contributed by atoms with Crippen LogP contribution in [0, 0.1) is 0 Å². The van der Waals surface area contributed by atoms with E-state index >= 15 is 0 Å². The number of amides is 1. The molecule has 1 atom stereocenters. The summed E-state index contributed by atoms with van der Waals surface area (Å²) in [6.45, 7) is 2.63. The van der Waals surface area contributed by atoms with Crippen LogP contribution in [0.4, 0.5) is 0 Å². The predicted molar refractivity (Wildman–Crippen MR) is 105 cm³/mol. The topological polar surface area (TPSA) is 79.4 Å². The molecule has 2 saturated heterocycles. The molecule has 0 aromatic heterocycles. The van der Waals surface area contributed by atoms with E-state index in [1.807, 2.05) is 14.1 Å². The number of hydrogen-bond donors (Lipinski definition) is 0. The lowest BCUT2D eigenvalue weighted by molar-refractivity contribution is 0.0634. The Morgan fingerprint density at radius 3 is 2.57 bits per heavy atom. The summed E-state index contributed by atoms with van der Waals surface area (Å²) in [5.74, 6) is 0.0977. The first-order chi connectivity index (χ1) is 13.3. The molecule has 8 nitrogen and oxygen atoms in total. The first-order valence-corrected chi connectivity index (χ1v) is 11.0. The van der Waals surface area contributed by atoms with Crippen LogP contribution < -0.4 is 4.74 Å². The molecule has 28 heavy (non-hydrogen) atoms. The van der Waals surface area contributed by atoms with E-state index in [-0.39, 0.29) is 16.6 Å². The highest BCUT2D eigenvalue weighted by Gasteiger charge is 2.31. The van der Waals surface area contributed by atoms with E-state index in [2.05, 4.69) is 4.90 Å². The summed E-state index contributed by atoms with van der Waals surface area (Å²) in [5.41, 5.74) is 0.368. The average molecular weight is 412 g/mol. The maximum atomic E-state index is 13.1. The minimum Gasteiger partial charge on any atom is -0.495 e. The molecule has 1 aromatic rings. The minimum atomic E-state index is -3.77. The van der Waals surface area contributed by atoms with E-state index < -0.39 is 10.0 Å². The van der Waals surface area contributed by atoms with Crippen LogP contribution in [0.15, 0.2) is 23.1 Å². The van der Waals surface area contributed by atoms with E-state index in [1.54, 1.807) is 17.0 Å². The Kier molecular flexibility index (Phi) is 6.59. The highest BCUT2D eigenvalue weighted by Crippen LogP contribution is 2.29. The van der Waals surface area contributed by atoms with Gasteiger partial charge in [0.1, 0.15) is 10.6 Å². The molecule has 1 unspecified atom stereocenters. The molecule has 1 amide bonds. The quantitative estimate of drug-likeness (QED) is 0.716. The fourth-order valence-corrected chi connectivity index (χ4v) is 5.27. The van der Waals surface area contributed by atoms with Gasteiger partial charge in [0, 0.05) is 37.8 Å². The Morgan fingerprint density at radius 2 is 1.93 bits per heavy atom. The SMILES string of the molecule is COc1ccc(C(=O)N2CCCC(N(C)C)C2)cc1S(=O)(=O)N1CCOCC1. The molecule has 0 aliphatic carbocycles. The molecule has 0 spiro atoms. The predicted octanol–water partition coefficient (Wildman–Crippen LogP) is 0.882. The lowest BCUT2D eigenvalue weighted by atomic mass is 10.0. The number of benzene rings is 1. The number of rotatable bonds is 5. The van der Waals surface area contributed by atoms with Crippen LogP contribution in [0.2, 0.25) is 0 Å². The van der Waals surface area contributed by atoms with Gasteiger partial charge >= 0.3 is 0 Å². The maximum absolute atomic E-state index is 13.1. The second kappa shape index (κ2) is 8.77. The van der Waals surface area contributed by atoms with Gasteiger partial charge in [-0.1, -0.05) is 0 Å². The third kappa shape index (κ3) is 4.32. The van der Waals surface area contributed by atoms with Crippen LogP contribution in [0.25, 0.3) is 0 Å². The van der Waals surface area contributed by atoms with Crippen LogP contribution in [-0.4, -0.2) is 95.1 Å². The number of ether oxygens (including phenoxy) is 2. The van der Waals surface area contributed by atoms with Gasteiger partial charge in [-0.2, -0.15) is 4.31 Å². The molecule has 0 bridgehead atoms. The number of hydrogen-bond acceptors (Lipinski definition) is 6. The smallest absolute Gasteiger partial charge is 0.253 e. The molecule has 0 saturated carbocycles. The van der Waals surface area contributed by atoms with Gasteiger partial charge in [0.25, 0.3) is 5.91 Å². The van der Waals surface area contributed by atoms with Crippen LogP contribution >= 0.6 is 0 Å². The van der Waals surface area contributed by atoms with Crippen LogP contribution in [-0.2, 0) is 14.8 Å².